The summed E-state index contributed by atoms with van der Waals surface area (Å²) in [6, 6.07) is 6.60. The highest BCUT2D eigenvalue weighted by Gasteiger charge is 2.09. The molecular weight excluding hydrogens is 256 g/mol. The van der Waals surface area contributed by atoms with Gasteiger partial charge in [0.2, 0.25) is 0 Å². The number of urea groups is 1. The highest BCUT2D eigenvalue weighted by Crippen LogP contribution is 2.14. The Balaban J connectivity index is 2.32. The highest BCUT2D eigenvalue weighted by atomic mass is 35.5. The van der Waals surface area contributed by atoms with Crippen molar-refractivity contribution >= 4 is 17.6 Å². The van der Waals surface area contributed by atoms with Gasteiger partial charge in [-0.15, -0.1) is 0 Å². The first-order valence-corrected chi connectivity index (χ1v) is 6.07. The highest BCUT2D eigenvalue weighted by molar-refractivity contribution is 6.30. The Bertz CT molecular complexity index is 370. The van der Waals surface area contributed by atoms with Gasteiger partial charge in [0, 0.05) is 18.1 Å². The number of nitrogens with zero attached hydrogens (tertiary/aromatic N) is 1. The second-order valence-corrected chi connectivity index (χ2v) is 3.96. The van der Waals surface area contributed by atoms with E-state index in [1.807, 2.05) is 6.92 Å². The number of likely N-dealkylation sites (N-methyl/N-ethyl adjacent to an activating group) is 1. The second kappa shape index (κ2) is 7.79. The van der Waals surface area contributed by atoms with Gasteiger partial charge in [0.25, 0.3) is 0 Å². The quantitative estimate of drug-likeness (QED) is 0.775. The van der Waals surface area contributed by atoms with E-state index in [2.05, 4.69) is 5.32 Å². The largest absolute Gasteiger partial charge is 0.473 e. The van der Waals surface area contributed by atoms with Crippen LogP contribution < -0.4 is 10.1 Å². The smallest absolute Gasteiger partial charge is 0.320 e. The number of rotatable bonds is 6. The van der Waals surface area contributed by atoms with Gasteiger partial charge in [0.15, 0.2) is 6.73 Å². The number of benzene rings is 1. The first kappa shape index (κ1) is 14.6. The number of aliphatic hydroxyl groups excluding tert-OH is 1. The molecule has 0 bridgehead atoms. The first-order valence-electron chi connectivity index (χ1n) is 5.69. The van der Waals surface area contributed by atoms with Crippen molar-refractivity contribution in [2.24, 2.45) is 0 Å². The van der Waals surface area contributed by atoms with Gasteiger partial charge in [0.05, 0.1) is 6.61 Å². The minimum atomic E-state index is -0.263. The number of hydrogen-bond donors (Lipinski definition) is 2. The molecule has 0 aliphatic rings. The Morgan fingerprint density at radius 1 is 1.44 bits per heavy atom. The number of halogens is 1. The molecule has 1 rings (SSSR count). The predicted molar refractivity (Wildman–Crippen MR) is 69.8 cm³/mol. The maximum absolute atomic E-state index is 11.6. The molecule has 0 saturated carbocycles. The fraction of sp³-hybridized carbons (Fsp3) is 0.417. The van der Waals surface area contributed by atoms with Crippen molar-refractivity contribution in [2.75, 3.05) is 26.4 Å². The summed E-state index contributed by atoms with van der Waals surface area (Å²) in [7, 11) is 0. The van der Waals surface area contributed by atoms with Crippen LogP contribution in [0.1, 0.15) is 6.92 Å². The third-order valence-electron chi connectivity index (χ3n) is 2.31. The molecule has 0 fully saturated rings. The summed E-state index contributed by atoms with van der Waals surface area (Å²) in [5.74, 6) is 0.630. The third-order valence-corrected chi connectivity index (χ3v) is 2.57. The fourth-order valence-electron chi connectivity index (χ4n) is 1.35. The van der Waals surface area contributed by atoms with Gasteiger partial charge in [-0.25, -0.2) is 4.79 Å². The van der Waals surface area contributed by atoms with Crippen LogP contribution >= 0.6 is 11.6 Å². The summed E-state index contributed by atoms with van der Waals surface area (Å²) in [6.45, 7) is 2.70. The topological polar surface area (TPSA) is 61.8 Å². The van der Waals surface area contributed by atoms with Crippen LogP contribution in [0.15, 0.2) is 24.3 Å². The van der Waals surface area contributed by atoms with E-state index < -0.39 is 0 Å². The number of carbonyl (C=O) groups is 1. The Kier molecular flexibility index (Phi) is 6.32. The molecule has 5 nitrogen and oxygen atoms in total. The monoisotopic (exact) mass is 272 g/mol. The standard InChI is InChI=1S/C12H17ClN2O3/c1-2-15(7-8-16)12(17)14-9-18-11-5-3-10(13)4-6-11/h3-6,16H,2,7-9H2,1H3,(H,14,17). The van der Waals surface area contributed by atoms with Crippen LogP contribution in [0.5, 0.6) is 5.75 Å². The number of aliphatic hydroxyl groups is 1. The molecule has 2 amide bonds. The molecule has 100 valence electrons. The number of nitrogens with one attached hydrogen (secondary N) is 1. The maximum Gasteiger partial charge on any atom is 0.320 e. The first-order chi connectivity index (χ1) is 8.67. The summed E-state index contributed by atoms with van der Waals surface area (Å²) in [4.78, 5) is 13.1. The molecule has 0 aromatic heterocycles. The maximum atomic E-state index is 11.6. The van der Waals surface area contributed by atoms with E-state index >= 15 is 0 Å². The summed E-state index contributed by atoms with van der Waals surface area (Å²) < 4.78 is 5.32. The van der Waals surface area contributed by atoms with Gasteiger partial charge < -0.3 is 20.1 Å². The molecule has 0 aliphatic heterocycles. The Morgan fingerprint density at radius 2 is 2.11 bits per heavy atom. The number of carbonyl (C=O) groups excluding carboxylic acids is 1. The lowest BCUT2D eigenvalue weighted by molar-refractivity contribution is 0.170. The summed E-state index contributed by atoms with van der Waals surface area (Å²) >= 11 is 5.74. The van der Waals surface area contributed by atoms with Crippen molar-refractivity contribution in [3.05, 3.63) is 29.3 Å². The van der Waals surface area contributed by atoms with Crippen LogP contribution in [0.3, 0.4) is 0 Å². The summed E-state index contributed by atoms with van der Waals surface area (Å²) in [5, 5.41) is 12.0. The van der Waals surface area contributed by atoms with Crippen molar-refractivity contribution in [1.82, 2.24) is 10.2 Å². The molecule has 6 heteroatoms. The molecule has 1 aromatic rings. The van der Waals surface area contributed by atoms with Gasteiger partial charge in [-0.3, -0.25) is 0 Å². The summed E-state index contributed by atoms with van der Waals surface area (Å²) in [6.07, 6.45) is 0. The molecule has 2 N–H and O–H groups in total. The molecule has 0 spiro atoms. The van der Waals surface area contributed by atoms with E-state index in [0.717, 1.165) is 0 Å². The zero-order valence-electron chi connectivity index (χ0n) is 10.2. The number of ether oxygens (including phenoxy) is 1. The van der Waals surface area contributed by atoms with E-state index in [1.54, 1.807) is 24.3 Å². The minimum absolute atomic E-state index is 0.0562. The third kappa shape index (κ3) is 4.81. The normalized spacial score (nSPS) is 9.94. The Morgan fingerprint density at radius 3 is 2.67 bits per heavy atom. The van der Waals surface area contributed by atoms with E-state index in [4.69, 9.17) is 21.4 Å². The van der Waals surface area contributed by atoms with E-state index in [9.17, 15) is 4.79 Å². The van der Waals surface area contributed by atoms with Crippen LogP contribution in [0, 0.1) is 0 Å². The fourth-order valence-corrected chi connectivity index (χ4v) is 1.47. The van der Waals surface area contributed by atoms with Gasteiger partial charge in [-0.05, 0) is 31.2 Å². The van der Waals surface area contributed by atoms with Crippen LogP contribution in [0.25, 0.3) is 0 Å². The van der Waals surface area contributed by atoms with Crippen molar-refractivity contribution in [3.63, 3.8) is 0 Å². The molecular formula is C12H17ClN2O3. The molecule has 1 aromatic carbocycles. The van der Waals surface area contributed by atoms with Crippen molar-refractivity contribution in [1.29, 1.82) is 0 Å². The second-order valence-electron chi connectivity index (χ2n) is 3.53. The predicted octanol–water partition coefficient (Wildman–Crippen LogP) is 1.70. The zero-order chi connectivity index (χ0) is 13.4. The average molecular weight is 273 g/mol. The van der Waals surface area contributed by atoms with Gasteiger partial charge >= 0.3 is 6.03 Å². The number of amides is 2. The van der Waals surface area contributed by atoms with E-state index in [1.165, 1.54) is 4.90 Å². The van der Waals surface area contributed by atoms with Gasteiger partial charge in [-0.2, -0.15) is 0 Å². The van der Waals surface area contributed by atoms with E-state index in [-0.39, 0.29) is 19.4 Å². The lowest BCUT2D eigenvalue weighted by Gasteiger charge is -2.20. The van der Waals surface area contributed by atoms with Crippen molar-refractivity contribution in [2.45, 2.75) is 6.92 Å². The number of hydrogen-bond acceptors (Lipinski definition) is 3. The molecule has 0 heterocycles. The molecule has 18 heavy (non-hydrogen) atoms. The molecule has 0 atom stereocenters. The Labute approximate surface area is 111 Å². The zero-order valence-corrected chi connectivity index (χ0v) is 11.0. The minimum Gasteiger partial charge on any atom is -0.473 e. The molecule has 0 radical (unpaired) electrons. The van der Waals surface area contributed by atoms with Crippen LogP contribution in [0.4, 0.5) is 4.79 Å². The van der Waals surface area contributed by atoms with Crippen LogP contribution in [0.2, 0.25) is 5.02 Å². The lowest BCUT2D eigenvalue weighted by atomic mass is 10.3. The Hall–Kier alpha value is -1.46. The van der Waals surface area contributed by atoms with Crippen molar-refractivity contribution < 1.29 is 14.6 Å². The lowest BCUT2D eigenvalue weighted by Crippen LogP contribution is -2.42. The average Bonchev–Trinajstić information content (AvgIpc) is 2.38. The van der Waals surface area contributed by atoms with Gasteiger partial charge in [0.1, 0.15) is 5.75 Å². The molecule has 0 aliphatic carbocycles. The van der Waals surface area contributed by atoms with Crippen LogP contribution in [-0.4, -0.2) is 42.5 Å². The van der Waals surface area contributed by atoms with Crippen molar-refractivity contribution in [3.8, 4) is 5.75 Å². The SMILES string of the molecule is CCN(CCO)C(=O)NCOc1ccc(Cl)cc1. The van der Waals surface area contributed by atoms with Crippen LogP contribution in [-0.2, 0) is 0 Å². The molecule has 0 saturated heterocycles. The summed E-state index contributed by atoms with van der Waals surface area (Å²) in [5.41, 5.74) is 0. The van der Waals surface area contributed by atoms with E-state index in [0.29, 0.717) is 23.9 Å². The molecule has 0 unspecified atom stereocenters. The van der Waals surface area contributed by atoms with Gasteiger partial charge in [-0.1, -0.05) is 11.6 Å².